The van der Waals surface area contributed by atoms with Crippen LogP contribution in [0.5, 0.6) is 0 Å². The molecule has 1 saturated heterocycles. The molecule has 0 amide bonds. The van der Waals surface area contributed by atoms with E-state index in [1.54, 1.807) is 13.8 Å². The molecule has 0 bridgehead atoms. The number of alkyl halides is 2. The largest absolute Gasteiger partial charge is 0.394 e. The van der Waals surface area contributed by atoms with Crippen LogP contribution in [0.4, 0.5) is 8.78 Å². The molecule has 0 radical (unpaired) electrons. The Kier molecular flexibility index (Phi) is 2.40. The number of aliphatic hydroxyl groups excluding tert-OH is 1. The normalized spacial score (nSPS) is 33.2. The van der Waals surface area contributed by atoms with Crippen molar-refractivity contribution in [3.05, 3.63) is 0 Å². The Hall–Kier alpha value is -0.220. The molecular weight excluding hydrogens is 166 g/mol. The van der Waals surface area contributed by atoms with Crippen LogP contribution in [-0.4, -0.2) is 29.3 Å². The first-order valence-electron chi connectivity index (χ1n) is 4.01. The van der Waals surface area contributed by atoms with Crippen molar-refractivity contribution in [1.82, 2.24) is 0 Å². The average molecular weight is 180 g/mol. The van der Waals surface area contributed by atoms with Crippen molar-refractivity contribution in [3.8, 4) is 0 Å². The molecule has 1 aliphatic heterocycles. The predicted molar refractivity (Wildman–Crippen MR) is 40.2 cm³/mol. The molecule has 1 N–H and O–H groups in total. The van der Waals surface area contributed by atoms with Crippen LogP contribution in [0.25, 0.3) is 0 Å². The number of hydrogen-bond acceptors (Lipinski definition) is 2. The van der Waals surface area contributed by atoms with Crippen molar-refractivity contribution in [3.63, 3.8) is 0 Å². The summed E-state index contributed by atoms with van der Waals surface area (Å²) in [5.41, 5.74) is -0.824. The first kappa shape index (κ1) is 9.86. The van der Waals surface area contributed by atoms with Crippen LogP contribution < -0.4 is 0 Å². The lowest BCUT2D eigenvalue weighted by atomic mass is 9.92. The van der Waals surface area contributed by atoms with Gasteiger partial charge in [0.15, 0.2) is 0 Å². The molecule has 1 rings (SSSR count). The van der Waals surface area contributed by atoms with Gasteiger partial charge >= 0.3 is 0 Å². The van der Waals surface area contributed by atoms with Gasteiger partial charge in [0.1, 0.15) is 0 Å². The van der Waals surface area contributed by atoms with Gasteiger partial charge in [0.2, 0.25) is 0 Å². The summed E-state index contributed by atoms with van der Waals surface area (Å²) in [7, 11) is 0. The van der Waals surface area contributed by atoms with Gasteiger partial charge in [-0.05, 0) is 13.8 Å². The second-order valence-corrected chi connectivity index (χ2v) is 3.92. The monoisotopic (exact) mass is 180 g/mol. The van der Waals surface area contributed by atoms with Crippen molar-refractivity contribution < 1.29 is 18.6 Å². The Morgan fingerprint density at radius 3 is 2.50 bits per heavy atom. The third kappa shape index (κ3) is 2.38. The van der Waals surface area contributed by atoms with E-state index in [1.807, 2.05) is 0 Å². The molecule has 1 atom stereocenters. The Balaban J connectivity index is 2.66. The summed E-state index contributed by atoms with van der Waals surface area (Å²) in [5, 5.41) is 8.70. The Labute approximate surface area is 70.5 Å². The lowest BCUT2D eigenvalue weighted by molar-refractivity contribution is -0.207. The SMILES string of the molecule is CC1(C)CC(F)(F)CC(CO)O1. The molecule has 72 valence electrons. The van der Waals surface area contributed by atoms with Crippen molar-refractivity contribution in [2.45, 2.75) is 44.3 Å². The summed E-state index contributed by atoms with van der Waals surface area (Å²) >= 11 is 0. The highest BCUT2D eigenvalue weighted by atomic mass is 19.3. The lowest BCUT2D eigenvalue weighted by Crippen LogP contribution is -2.46. The standard InChI is InChI=1S/C8H14F2O2/c1-7(2)5-8(9,10)3-6(4-11)12-7/h6,11H,3-5H2,1-2H3. The molecule has 0 aromatic rings. The molecular formula is C8H14F2O2. The van der Waals surface area contributed by atoms with Crippen molar-refractivity contribution in [2.75, 3.05) is 6.61 Å². The van der Waals surface area contributed by atoms with Gasteiger partial charge in [0.05, 0.1) is 18.3 Å². The fourth-order valence-corrected chi connectivity index (χ4v) is 1.66. The minimum atomic E-state index is -2.70. The van der Waals surface area contributed by atoms with E-state index in [0.29, 0.717) is 0 Å². The van der Waals surface area contributed by atoms with Crippen molar-refractivity contribution >= 4 is 0 Å². The molecule has 0 saturated carbocycles. The van der Waals surface area contributed by atoms with Gasteiger partial charge in [0.25, 0.3) is 5.92 Å². The lowest BCUT2D eigenvalue weighted by Gasteiger charge is -2.39. The summed E-state index contributed by atoms with van der Waals surface area (Å²) in [6.07, 6.45) is -1.35. The van der Waals surface area contributed by atoms with Crippen LogP contribution in [0, 0.1) is 0 Å². The second kappa shape index (κ2) is 2.92. The maximum Gasteiger partial charge on any atom is 0.253 e. The molecule has 12 heavy (non-hydrogen) atoms. The van der Waals surface area contributed by atoms with Crippen LogP contribution in [0.15, 0.2) is 0 Å². The highest BCUT2D eigenvalue weighted by molar-refractivity contribution is 4.87. The summed E-state index contributed by atoms with van der Waals surface area (Å²) in [6.45, 7) is 2.89. The highest BCUT2D eigenvalue weighted by Crippen LogP contribution is 2.38. The zero-order valence-corrected chi connectivity index (χ0v) is 7.31. The van der Waals surface area contributed by atoms with E-state index in [4.69, 9.17) is 9.84 Å². The van der Waals surface area contributed by atoms with Gasteiger partial charge in [-0.3, -0.25) is 0 Å². The Morgan fingerprint density at radius 1 is 1.50 bits per heavy atom. The molecule has 0 aromatic heterocycles. The number of rotatable bonds is 1. The molecule has 0 aromatic carbocycles. The van der Waals surface area contributed by atoms with E-state index in [9.17, 15) is 8.78 Å². The molecule has 1 aliphatic rings. The van der Waals surface area contributed by atoms with E-state index in [0.717, 1.165) is 0 Å². The summed E-state index contributed by atoms with van der Waals surface area (Å²) in [6, 6.07) is 0. The molecule has 1 unspecified atom stereocenters. The van der Waals surface area contributed by atoms with E-state index < -0.39 is 17.6 Å². The van der Waals surface area contributed by atoms with Crippen molar-refractivity contribution in [1.29, 1.82) is 0 Å². The average Bonchev–Trinajstić information content (AvgIpc) is 1.80. The molecule has 2 nitrogen and oxygen atoms in total. The first-order valence-corrected chi connectivity index (χ1v) is 4.01. The Bertz CT molecular complexity index is 152. The summed E-state index contributed by atoms with van der Waals surface area (Å²) in [4.78, 5) is 0. The van der Waals surface area contributed by atoms with E-state index in [1.165, 1.54) is 0 Å². The number of aliphatic hydroxyl groups is 1. The van der Waals surface area contributed by atoms with E-state index in [-0.39, 0.29) is 19.4 Å². The van der Waals surface area contributed by atoms with Gasteiger partial charge in [-0.25, -0.2) is 8.78 Å². The molecule has 1 heterocycles. The molecule has 4 heteroatoms. The fourth-order valence-electron chi connectivity index (χ4n) is 1.66. The third-order valence-corrected chi connectivity index (χ3v) is 1.90. The fraction of sp³-hybridized carbons (Fsp3) is 1.00. The van der Waals surface area contributed by atoms with Gasteiger partial charge < -0.3 is 9.84 Å². The number of halogens is 2. The number of ether oxygens (including phenoxy) is 1. The second-order valence-electron chi connectivity index (χ2n) is 3.92. The van der Waals surface area contributed by atoms with Crippen LogP contribution in [0.2, 0.25) is 0 Å². The molecule has 1 fully saturated rings. The maximum atomic E-state index is 12.9. The minimum Gasteiger partial charge on any atom is -0.394 e. The Morgan fingerprint density at radius 2 is 2.08 bits per heavy atom. The smallest absolute Gasteiger partial charge is 0.253 e. The molecule has 0 spiro atoms. The number of hydrogen-bond donors (Lipinski definition) is 1. The quantitative estimate of drug-likeness (QED) is 0.663. The van der Waals surface area contributed by atoms with E-state index >= 15 is 0 Å². The van der Waals surface area contributed by atoms with Gasteiger partial charge in [0, 0.05) is 12.8 Å². The van der Waals surface area contributed by atoms with Gasteiger partial charge in [-0.2, -0.15) is 0 Å². The zero-order chi connectivity index (χ0) is 9.41. The highest BCUT2D eigenvalue weighted by Gasteiger charge is 2.45. The minimum absolute atomic E-state index is 0.267. The maximum absolute atomic E-state index is 12.9. The molecule has 0 aliphatic carbocycles. The first-order chi connectivity index (χ1) is 5.35. The topological polar surface area (TPSA) is 29.5 Å². The van der Waals surface area contributed by atoms with Crippen LogP contribution in [0.1, 0.15) is 26.7 Å². The van der Waals surface area contributed by atoms with Crippen LogP contribution in [-0.2, 0) is 4.74 Å². The summed E-state index contributed by atoms with van der Waals surface area (Å²) < 4.78 is 31.1. The van der Waals surface area contributed by atoms with Crippen molar-refractivity contribution in [2.24, 2.45) is 0 Å². The van der Waals surface area contributed by atoms with Crippen LogP contribution >= 0.6 is 0 Å². The van der Waals surface area contributed by atoms with Crippen LogP contribution in [0.3, 0.4) is 0 Å². The third-order valence-electron chi connectivity index (χ3n) is 1.90. The predicted octanol–water partition coefficient (Wildman–Crippen LogP) is 1.57. The zero-order valence-electron chi connectivity index (χ0n) is 7.31. The van der Waals surface area contributed by atoms with E-state index in [2.05, 4.69) is 0 Å². The van der Waals surface area contributed by atoms with Gasteiger partial charge in [-0.15, -0.1) is 0 Å². The summed E-state index contributed by atoms with van der Waals surface area (Å²) in [5.74, 6) is -2.70. The van der Waals surface area contributed by atoms with Gasteiger partial charge in [-0.1, -0.05) is 0 Å².